The Morgan fingerprint density at radius 1 is 1.52 bits per heavy atom. The van der Waals surface area contributed by atoms with Crippen molar-refractivity contribution in [3.05, 3.63) is 30.1 Å². The van der Waals surface area contributed by atoms with Crippen molar-refractivity contribution in [3.8, 4) is 6.07 Å². The van der Waals surface area contributed by atoms with Gasteiger partial charge in [-0.25, -0.2) is 17.8 Å². The molecular formula is C14H13FN6O3S. The molecule has 2 aromatic heterocycles. The van der Waals surface area contributed by atoms with Crippen LogP contribution in [0.3, 0.4) is 0 Å². The smallest absolute Gasteiger partial charge is 0.257 e. The SMILES string of the molecule is CC(=N)OC(=N)c1ncc2c(F)cc(S(=O)(=O)NC3(C#N)CC3)cn12. The molecule has 11 heteroatoms. The van der Waals surface area contributed by atoms with Crippen molar-refractivity contribution in [2.24, 2.45) is 0 Å². The fourth-order valence-electron chi connectivity index (χ4n) is 2.22. The number of pyridine rings is 1. The van der Waals surface area contributed by atoms with Crippen LogP contribution < -0.4 is 4.72 Å². The van der Waals surface area contributed by atoms with Crippen molar-refractivity contribution in [2.45, 2.75) is 30.2 Å². The first-order valence-corrected chi connectivity index (χ1v) is 8.59. The maximum atomic E-state index is 14.3. The highest BCUT2D eigenvalue weighted by molar-refractivity contribution is 7.89. The number of hydrogen-bond acceptors (Lipinski definition) is 7. The van der Waals surface area contributed by atoms with Crippen LogP contribution in [0.1, 0.15) is 25.6 Å². The van der Waals surface area contributed by atoms with E-state index in [4.69, 9.17) is 20.8 Å². The predicted octanol–water partition coefficient (Wildman–Crippen LogP) is 1.15. The van der Waals surface area contributed by atoms with E-state index in [1.807, 2.05) is 6.07 Å². The van der Waals surface area contributed by atoms with Crippen molar-refractivity contribution in [1.82, 2.24) is 14.1 Å². The van der Waals surface area contributed by atoms with E-state index < -0.39 is 32.2 Å². The van der Waals surface area contributed by atoms with E-state index >= 15 is 0 Å². The Kier molecular flexibility index (Phi) is 3.81. The first-order chi connectivity index (χ1) is 11.7. The van der Waals surface area contributed by atoms with Gasteiger partial charge in [-0.05, 0) is 18.9 Å². The van der Waals surface area contributed by atoms with Crippen LogP contribution in [-0.4, -0.2) is 35.1 Å². The number of nitriles is 1. The average Bonchev–Trinajstić information content (AvgIpc) is 3.13. The summed E-state index contributed by atoms with van der Waals surface area (Å²) in [6.45, 7) is 1.31. The maximum Gasteiger partial charge on any atom is 0.257 e. The number of sulfonamides is 1. The molecule has 1 fully saturated rings. The van der Waals surface area contributed by atoms with Gasteiger partial charge in [-0.3, -0.25) is 15.2 Å². The van der Waals surface area contributed by atoms with Gasteiger partial charge in [-0.1, -0.05) is 0 Å². The van der Waals surface area contributed by atoms with Crippen molar-refractivity contribution in [3.63, 3.8) is 0 Å². The van der Waals surface area contributed by atoms with E-state index in [9.17, 15) is 12.8 Å². The molecule has 3 rings (SSSR count). The van der Waals surface area contributed by atoms with Crippen LogP contribution >= 0.6 is 0 Å². The summed E-state index contributed by atoms with van der Waals surface area (Å²) in [6.07, 6.45) is 3.00. The lowest BCUT2D eigenvalue weighted by Crippen LogP contribution is -2.35. The molecular weight excluding hydrogens is 351 g/mol. The van der Waals surface area contributed by atoms with Gasteiger partial charge in [0.05, 0.1) is 12.3 Å². The molecule has 25 heavy (non-hydrogen) atoms. The maximum absolute atomic E-state index is 14.3. The van der Waals surface area contributed by atoms with Gasteiger partial charge in [-0.15, -0.1) is 0 Å². The summed E-state index contributed by atoms with van der Waals surface area (Å²) in [6, 6.07) is 2.72. The average molecular weight is 364 g/mol. The van der Waals surface area contributed by atoms with E-state index in [1.165, 1.54) is 6.92 Å². The number of aromatic nitrogens is 2. The second-order valence-electron chi connectivity index (χ2n) is 5.65. The molecule has 0 aromatic carbocycles. The first kappa shape index (κ1) is 17.0. The number of nitrogens with zero attached hydrogens (tertiary/aromatic N) is 3. The molecule has 130 valence electrons. The molecule has 9 nitrogen and oxygen atoms in total. The predicted molar refractivity (Wildman–Crippen MR) is 84.4 cm³/mol. The van der Waals surface area contributed by atoms with E-state index in [0.717, 1.165) is 22.9 Å². The summed E-state index contributed by atoms with van der Waals surface area (Å²) in [5, 5.41) is 24.0. The molecule has 0 aliphatic heterocycles. The van der Waals surface area contributed by atoms with Gasteiger partial charge in [0.2, 0.25) is 15.8 Å². The number of halogens is 1. The minimum absolute atomic E-state index is 0.0497. The highest BCUT2D eigenvalue weighted by Gasteiger charge is 2.47. The molecule has 1 aliphatic carbocycles. The lowest BCUT2D eigenvalue weighted by atomic mass is 10.3. The Labute approximate surface area is 142 Å². The largest absolute Gasteiger partial charge is 0.422 e. The Morgan fingerprint density at radius 2 is 2.20 bits per heavy atom. The fourth-order valence-corrected chi connectivity index (χ4v) is 3.61. The molecule has 1 aliphatic rings. The summed E-state index contributed by atoms with van der Waals surface area (Å²) < 4.78 is 47.3. The number of hydrogen-bond donors (Lipinski definition) is 3. The third-order valence-corrected chi connectivity index (χ3v) is 5.13. The van der Waals surface area contributed by atoms with Crippen LogP contribution in [0.25, 0.3) is 5.52 Å². The molecule has 2 heterocycles. The molecule has 1 saturated carbocycles. The van der Waals surface area contributed by atoms with Gasteiger partial charge < -0.3 is 4.74 Å². The second kappa shape index (κ2) is 5.61. The topological polar surface area (TPSA) is 144 Å². The van der Waals surface area contributed by atoms with Crippen LogP contribution in [0.5, 0.6) is 0 Å². The van der Waals surface area contributed by atoms with Crippen LogP contribution in [0, 0.1) is 28.0 Å². The Morgan fingerprint density at radius 3 is 2.76 bits per heavy atom. The number of rotatable bonds is 4. The monoisotopic (exact) mass is 364 g/mol. The summed E-state index contributed by atoms with van der Waals surface area (Å²) in [7, 11) is -4.14. The zero-order chi connectivity index (χ0) is 18.4. The summed E-state index contributed by atoms with van der Waals surface area (Å²) in [4.78, 5) is 3.44. The zero-order valence-corrected chi connectivity index (χ0v) is 13.8. The van der Waals surface area contributed by atoms with Crippen LogP contribution in [0.4, 0.5) is 4.39 Å². The highest BCUT2D eigenvalue weighted by Crippen LogP contribution is 2.36. The summed E-state index contributed by atoms with van der Waals surface area (Å²) >= 11 is 0. The lowest BCUT2D eigenvalue weighted by molar-refractivity contribution is 0.526. The van der Waals surface area contributed by atoms with Gasteiger partial charge in [0.25, 0.3) is 5.90 Å². The Hall–Kier alpha value is -2.84. The Bertz CT molecular complexity index is 1050. The molecule has 0 amide bonds. The molecule has 0 spiro atoms. The number of imidazole rings is 1. The van der Waals surface area contributed by atoms with Crippen molar-refractivity contribution >= 4 is 27.3 Å². The van der Waals surface area contributed by atoms with Gasteiger partial charge >= 0.3 is 0 Å². The van der Waals surface area contributed by atoms with Crippen LogP contribution in [-0.2, 0) is 14.8 Å². The Balaban J connectivity index is 2.07. The summed E-state index contributed by atoms with van der Waals surface area (Å²) in [5.74, 6) is -1.80. The molecule has 0 radical (unpaired) electrons. The van der Waals surface area contributed by atoms with E-state index in [1.54, 1.807) is 0 Å². The highest BCUT2D eigenvalue weighted by atomic mass is 32.2. The normalized spacial score (nSPS) is 15.6. The lowest BCUT2D eigenvalue weighted by Gasteiger charge is -2.11. The quantitative estimate of drug-likeness (QED) is 0.550. The molecule has 0 atom stereocenters. The first-order valence-electron chi connectivity index (χ1n) is 7.11. The molecule has 2 aromatic rings. The zero-order valence-electron chi connectivity index (χ0n) is 13.0. The van der Waals surface area contributed by atoms with E-state index in [-0.39, 0.29) is 17.2 Å². The van der Waals surface area contributed by atoms with Gasteiger partial charge in [0.1, 0.15) is 21.8 Å². The minimum atomic E-state index is -4.14. The van der Waals surface area contributed by atoms with Crippen molar-refractivity contribution < 1.29 is 17.5 Å². The van der Waals surface area contributed by atoms with Crippen LogP contribution in [0.15, 0.2) is 23.4 Å². The minimum Gasteiger partial charge on any atom is -0.422 e. The second-order valence-corrected chi connectivity index (χ2v) is 7.33. The van der Waals surface area contributed by atoms with Gasteiger partial charge in [0, 0.05) is 13.1 Å². The van der Waals surface area contributed by atoms with Crippen molar-refractivity contribution in [2.75, 3.05) is 0 Å². The van der Waals surface area contributed by atoms with Gasteiger partial charge in [0.15, 0.2) is 5.90 Å². The summed E-state index contributed by atoms with van der Waals surface area (Å²) in [5.41, 5.74) is -1.19. The van der Waals surface area contributed by atoms with E-state index in [0.29, 0.717) is 12.8 Å². The number of nitrogens with one attached hydrogen (secondary N) is 3. The molecule has 0 saturated heterocycles. The third-order valence-electron chi connectivity index (χ3n) is 3.63. The van der Waals surface area contributed by atoms with Crippen LogP contribution in [0.2, 0.25) is 0 Å². The van der Waals surface area contributed by atoms with Gasteiger partial charge in [-0.2, -0.15) is 9.98 Å². The molecule has 3 N–H and O–H groups in total. The van der Waals surface area contributed by atoms with E-state index in [2.05, 4.69) is 9.71 Å². The van der Waals surface area contributed by atoms with Crippen molar-refractivity contribution in [1.29, 1.82) is 16.1 Å². The molecule has 0 bridgehead atoms. The standard InChI is InChI=1S/C14H13FN6O3S/c1-8(17)24-12(18)13-19-5-11-10(15)4-9(6-21(11)13)25(22,23)20-14(7-16)2-3-14/h4-6,17-18,20H,2-3H2,1H3. The number of fused-ring (bicyclic) bond motifs is 1. The third kappa shape index (κ3) is 3.09. The molecule has 0 unspecified atom stereocenters. The fraction of sp³-hybridized carbons (Fsp3) is 0.286. The number of ether oxygens (including phenoxy) is 1.